The van der Waals surface area contributed by atoms with Crippen molar-refractivity contribution in [3.63, 3.8) is 0 Å². The summed E-state index contributed by atoms with van der Waals surface area (Å²) in [5, 5.41) is 21.6. The average molecular weight is 529 g/mol. The zero-order chi connectivity index (χ0) is 26.9. The third-order valence-corrected chi connectivity index (χ3v) is 6.90. The second-order valence-corrected chi connectivity index (χ2v) is 9.61. The number of carbonyl (C=O) groups excluding carboxylic acids is 2. The third kappa shape index (κ3) is 6.74. The number of carboxylic acids is 1. The van der Waals surface area contributed by atoms with Crippen LogP contribution in [0.4, 0.5) is 5.69 Å². The van der Waals surface area contributed by atoms with Gasteiger partial charge >= 0.3 is 5.97 Å². The van der Waals surface area contributed by atoms with Crippen LogP contribution in [0, 0.1) is 0 Å². The number of hydrogen-bond donors (Lipinski definition) is 2. The Kier molecular flexibility index (Phi) is 9.05. The van der Waals surface area contributed by atoms with Gasteiger partial charge in [-0.25, -0.2) is 4.79 Å². The number of benzene rings is 3. The van der Waals surface area contributed by atoms with E-state index in [0.717, 1.165) is 30.7 Å². The van der Waals surface area contributed by atoms with Crippen LogP contribution in [0.25, 0.3) is 0 Å². The molecule has 0 spiro atoms. The number of rotatable bonds is 12. The van der Waals surface area contributed by atoms with Crippen LogP contribution in [-0.2, 0) is 13.0 Å². The Hall–Kier alpha value is -4.24. The molecular weight excluding hydrogens is 500 g/mol. The number of aromatic nitrogens is 3. The highest BCUT2D eigenvalue weighted by Gasteiger charge is 2.17. The molecular formula is C29H28N4O4S. The quantitative estimate of drug-likeness (QED) is 0.182. The standard InChI is InChI=1S/C29H28N4O4S/c1-2-3-13-26-31-32-29(38-19-25(34)21-9-5-4-6-10-21)33(26)18-20-14-16-22(17-15-20)30-27(35)23-11-7-8-12-24(23)28(36)37/h4-12,14-17H,2-3,13,18-19H2,1H3,(H,30,35)(H,36,37). The molecule has 0 aliphatic carbocycles. The SMILES string of the molecule is CCCCc1nnc(SCC(=O)c2ccccc2)n1Cc1ccc(NC(=O)c2ccccc2C(=O)O)cc1. The van der Waals surface area contributed by atoms with Crippen molar-refractivity contribution >= 4 is 35.1 Å². The van der Waals surface area contributed by atoms with Gasteiger partial charge in [-0.2, -0.15) is 0 Å². The maximum atomic E-state index is 12.7. The zero-order valence-corrected chi connectivity index (χ0v) is 21.8. The molecule has 0 bridgehead atoms. The number of amides is 1. The van der Waals surface area contributed by atoms with Gasteiger partial charge in [-0.15, -0.1) is 10.2 Å². The number of thioether (sulfide) groups is 1. The number of carboxylic acid groups (broad SMARTS) is 1. The van der Waals surface area contributed by atoms with Crippen LogP contribution in [0.2, 0.25) is 0 Å². The molecule has 1 amide bonds. The monoisotopic (exact) mass is 528 g/mol. The number of unbranched alkanes of at least 4 members (excludes halogenated alkanes) is 1. The molecule has 8 nitrogen and oxygen atoms in total. The summed E-state index contributed by atoms with van der Waals surface area (Å²) < 4.78 is 2.04. The molecule has 0 unspecified atom stereocenters. The van der Waals surface area contributed by atoms with Crippen LogP contribution in [0.1, 0.15) is 62.2 Å². The van der Waals surface area contributed by atoms with Crippen molar-refractivity contribution < 1.29 is 19.5 Å². The molecule has 1 heterocycles. The molecule has 2 N–H and O–H groups in total. The van der Waals surface area contributed by atoms with Crippen molar-refractivity contribution in [3.05, 3.63) is 107 Å². The summed E-state index contributed by atoms with van der Waals surface area (Å²) in [5.41, 5.74) is 2.24. The van der Waals surface area contributed by atoms with E-state index in [2.05, 4.69) is 22.4 Å². The first-order valence-corrected chi connectivity index (χ1v) is 13.3. The number of nitrogens with zero attached hydrogens (tertiary/aromatic N) is 3. The highest BCUT2D eigenvalue weighted by atomic mass is 32.2. The molecule has 0 saturated heterocycles. The number of anilines is 1. The van der Waals surface area contributed by atoms with Crippen molar-refractivity contribution in [3.8, 4) is 0 Å². The molecule has 0 fully saturated rings. The Morgan fingerprint density at radius 2 is 1.58 bits per heavy atom. The summed E-state index contributed by atoms with van der Waals surface area (Å²) in [6, 6.07) is 22.6. The lowest BCUT2D eigenvalue weighted by Gasteiger charge is -2.12. The number of aryl methyl sites for hydroxylation is 1. The fourth-order valence-corrected chi connectivity index (χ4v) is 4.74. The van der Waals surface area contributed by atoms with Gasteiger partial charge in [0, 0.05) is 17.7 Å². The van der Waals surface area contributed by atoms with E-state index in [1.165, 1.54) is 23.9 Å². The number of aromatic carboxylic acids is 1. The second kappa shape index (κ2) is 12.8. The van der Waals surface area contributed by atoms with E-state index in [0.29, 0.717) is 23.0 Å². The number of hydrogen-bond acceptors (Lipinski definition) is 6. The average Bonchev–Trinajstić information content (AvgIpc) is 3.32. The van der Waals surface area contributed by atoms with Gasteiger partial charge in [-0.05, 0) is 36.2 Å². The van der Waals surface area contributed by atoms with Crippen molar-refractivity contribution in [2.24, 2.45) is 0 Å². The summed E-state index contributed by atoms with van der Waals surface area (Å²) in [4.78, 5) is 36.7. The fourth-order valence-electron chi connectivity index (χ4n) is 3.88. The zero-order valence-electron chi connectivity index (χ0n) is 21.0. The molecule has 0 saturated carbocycles. The van der Waals surface area contributed by atoms with Crippen molar-refractivity contribution in [1.82, 2.24) is 14.8 Å². The van der Waals surface area contributed by atoms with E-state index in [4.69, 9.17) is 0 Å². The van der Waals surface area contributed by atoms with Gasteiger partial charge in [0.2, 0.25) is 0 Å². The van der Waals surface area contributed by atoms with Crippen LogP contribution in [0.5, 0.6) is 0 Å². The second-order valence-electron chi connectivity index (χ2n) is 8.67. The molecule has 0 aliphatic heterocycles. The topological polar surface area (TPSA) is 114 Å². The molecule has 0 radical (unpaired) electrons. The van der Waals surface area contributed by atoms with Gasteiger partial charge in [0.1, 0.15) is 5.82 Å². The summed E-state index contributed by atoms with van der Waals surface area (Å²) >= 11 is 1.37. The van der Waals surface area contributed by atoms with Gasteiger partial charge < -0.3 is 15.0 Å². The van der Waals surface area contributed by atoms with Crippen molar-refractivity contribution in [2.45, 2.75) is 37.9 Å². The number of carbonyl (C=O) groups is 3. The molecule has 0 aliphatic rings. The van der Waals surface area contributed by atoms with Crippen LogP contribution in [0.15, 0.2) is 84.0 Å². The number of nitrogens with one attached hydrogen (secondary N) is 1. The minimum absolute atomic E-state index is 0.0322. The minimum atomic E-state index is -1.15. The highest BCUT2D eigenvalue weighted by Crippen LogP contribution is 2.22. The number of Topliss-reactive ketones (excluding diaryl/α,β-unsaturated/α-hetero) is 1. The lowest BCUT2D eigenvalue weighted by Crippen LogP contribution is -2.16. The van der Waals surface area contributed by atoms with E-state index in [9.17, 15) is 19.5 Å². The van der Waals surface area contributed by atoms with Crippen LogP contribution in [0.3, 0.4) is 0 Å². The largest absolute Gasteiger partial charge is 0.478 e. The summed E-state index contributed by atoms with van der Waals surface area (Å²) in [6.07, 6.45) is 2.80. The molecule has 9 heteroatoms. The third-order valence-electron chi connectivity index (χ3n) is 5.93. The molecule has 4 aromatic rings. The molecule has 194 valence electrons. The molecule has 38 heavy (non-hydrogen) atoms. The summed E-state index contributed by atoms with van der Waals surface area (Å²) in [7, 11) is 0. The Labute approximate surface area is 225 Å². The smallest absolute Gasteiger partial charge is 0.336 e. The summed E-state index contributed by atoms with van der Waals surface area (Å²) in [6.45, 7) is 2.64. The minimum Gasteiger partial charge on any atom is -0.478 e. The van der Waals surface area contributed by atoms with Gasteiger partial charge in [0.25, 0.3) is 5.91 Å². The van der Waals surface area contributed by atoms with Crippen LogP contribution >= 0.6 is 11.8 Å². The molecule has 0 atom stereocenters. The lowest BCUT2D eigenvalue weighted by atomic mass is 10.1. The van der Waals surface area contributed by atoms with Crippen LogP contribution in [-0.4, -0.2) is 43.3 Å². The first-order chi connectivity index (χ1) is 18.5. The Bertz CT molecular complexity index is 1420. The first kappa shape index (κ1) is 26.8. The van der Waals surface area contributed by atoms with E-state index in [1.807, 2.05) is 34.9 Å². The fraction of sp³-hybridized carbons (Fsp3) is 0.207. The molecule has 1 aromatic heterocycles. The molecule has 3 aromatic carbocycles. The molecule has 4 rings (SSSR count). The van der Waals surface area contributed by atoms with Gasteiger partial charge in [0.05, 0.1) is 23.4 Å². The Morgan fingerprint density at radius 3 is 2.26 bits per heavy atom. The van der Waals surface area contributed by atoms with E-state index < -0.39 is 11.9 Å². The predicted molar refractivity (Wildman–Crippen MR) is 147 cm³/mol. The van der Waals surface area contributed by atoms with E-state index in [-0.39, 0.29) is 22.7 Å². The van der Waals surface area contributed by atoms with E-state index >= 15 is 0 Å². The Morgan fingerprint density at radius 1 is 0.895 bits per heavy atom. The lowest BCUT2D eigenvalue weighted by molar-refractivity contribution is 0.0692. The first-order valence-electron chi connectivity index (χ1n) is 12.3. The summed E-state index contributed by atoms with van der Waals surface area (Å²) in [5.74, 6) is -0.483. The van der Waals surface area contributed by atoms with Gasteiger partial charge in [-0.3, -0.25) is 9.59 Å². The maximum Gasteiger partial charge on any atom is 0.336 e. The van der Waals surface area contributed by atoms with Gasteiger partial charge in [0.15, 0.2) is 10.9 Å². The van der Waals surface area contributed by atoms with E-state index in [1.54, 1.807) is 36.4 Å². The maximum absolute atomic E-state index is 12.7. The Balaban J connectivity index is 1.47. The normalized spacial score (nSPS) is 10.8. The predicted octanol–water partition coefficient (Wildman–Crippen LogP) is 5.59. The van der Waals surface area contributed by atoms with Crippen LogP contribution < -0.4 is 5.32 Å². The highest BCUT2D eigenvalue weighted by molar-refractivity contribution is 7.99. The number of ketones is 1. The van der Waals surface area contributed by atoms with Crippen molar-refractivity contribution in [2.75, 3.05) is 11.1 Å². The van der Waals surface area contributed by atoms with Gasteiger partial charge in [-0.1, -0.05) is 79.7 Å². The van der Waals surface area contributed by atoms with Crippen molar-refractivity contribution in [1.29, 1.82) is 0 Å².